The van der Waals surface area contributed by atoms with Crippen molar-refractivity contribution in [2.45, 2.75) is 24.5 Å². The van der Waals surface area contributed by atoms with Crippen molar-refractivity contribution < 1.29 is 44.7 Å². The third-order valence-corrected chi connectivity index (χ3v) is 5.02. The Morgan fingerprint density at radius 2 is 1.43 bits per heavy atom. The van der Waals surface area contributed by atoms with E-state index in [4.69, 9.17) is 4.74 Å². The molecule has 9 heteroatoms. The monoisotopic (exact) mass is 386 g/mol. The molecule has 2 aromatic rings. The van der Waals surface area contributed by atoms with Gasteiger partial charge < -0.3 is 30.3 Å². The Morgan fingerprint density at radius 3 is 2.07 bits per heavy atom. The van der Waals surface area contributed by atoms with Crippen LogP contribution in [-0.4, -0.2) is 48.7 Å². The topological polar surface area (TPSA) is 162 Å². The van der Waals surface area contributed by atoms with Gasteiger partial charge in [-0.25, -0.2) is 4.79 Å². The molecule has 0 radical (unpaired) electrons. The maximum absolute atomic E-state index is 13.3. The number of esters is 1. The van der Waals surface area contributed by atoms with E-state index in [1.54, 1.807) is 0 Å². The van der Waals surface area contributed by atoms with Crippen LogP contribution in [0.5, 0.6) is 23.0 Å². The van der Waals surface area contributed by atoms with E-state index in [2.05, 4.69) is 0 Å². The first-order valence-corrected chi connectivity index (χ1v) is 8.16. The number of hydrogen-bond donors (Lipinski definition) is 5. The summed E-state index contributed by atoms with van der Waals surface area (Å²) >= 11 is 0. The third-order valence-electron chi connectivity index (χ3n) is 5.02. The van der Waals surface area contributed by atoms with E-state index in [0.717, 1.165) is 31.2 Å². The highest BCUT2D eigenvalue weighted by atomic mass is 16.6. The minimum absolute atomic E-state index is 0.381. The van der Waals surface area contributed by atoms with Crippen LogP contribution in [-0.2, 0) is 10.3 Å². The van der Waals surface area contributed by atoms with E-state index in [-0.39, 0.29) is 11.1 Å². The number of benzene rings is 2. The molecular formula is C19H14O9. The summed E-state index contributed by atoms with van der Waals surface area (Å²) in [5.74, 6) is -5.34. The van der Waals surface area contributed by atoms with Crippen LogP contribution in [0.15, 0.2) is 24.3 Å². The molecule has 0 fully saturated rings. The molecule has 2 unspecified atom stereocenters. The lowest BCUT2D eigenvalue weighted by molar-refractivity contribution is -0.0583. The van der Waals surface area contributed by atoms with Crippen LogP contribution in [0.1, 0.15) is 50.0 Å². The van der Waals surface area contributed by atoms with Crippen molar-refractivity contribution in [2.75, 3.05) is 0 Å². The van der Waals surface area contributed by atoms with Crippen molar-refractivity contribution in [2.24, 2.45) is 0 Å². The Hall–Kier alpha value is -3.59. The number of rotatable bonds is 0. The highest BCUT2D eigenvalue weighted by molar-refractivity contribution is 6.19. The Morgan fingerprint density at radius 1 is 0.857 bits per heavy atom. The molecule has 2 aromatic carbocycles. The average Bonchev–Trinajstić information content (AvgIpc) is 2.55. The first kappa shape index (κ1) is 17.8. The van der Waals surface area contributed by atoms with Gasteiger partial charge in [0, 0.05) is 29.7 Å². The summed E-state index contributed by atoms with van der Waals surface area (Å²) in [6.45, 7) is 1.11. The second-order valence-electron chi connectivity index (χ2n) is 7.10. The van der Waals surface area contributed by atoms with Gasteiger partial charge in [-0.2, -0.15) is 0 Å². The standard InChI is InChI=1S/C19H14O9/c1-18(27)6-19(14-10(15(18)24)3-8(21)5-12(14)23)16(25)9-2-7(20)4-11(22)13(9)17(26)28-19/h2-5,20-23,27H,6H2,1H3. The number of Topliss-reactive ketones (excluding diaryl/α,β-unsaturated/α-hetero) is 2. The summed E-state index contributed by atoms with van der Waals surface area (Å²) in [5, 5.41) is 50.4. The van der Waals surface area contributed by atoms with Gasteiger partial charge in [-0.05, 0) is 19.1 Å². The van der Waals surface area contributed by atoms with Gasteiger partial charge in [0.25, 0.3) is 0 Å². The number of carbonyl (C=O) groups is 3. The highest BCUT2D eigenvalue weighted by Crippen LogP contribution is 2.52. The number of aliphatic hydroxyl groups is 1. The maximum atomic E-state index is 13.3. The van der Waals surface area contributed by atoms with Crippen LogP contribution in [0, 0.1) is 0 Å². The van der Waals surface area contributed by atoms with Gasteiger partial charge in [-0.15, -0.1) is 0 Å². The zero-order valence-electron chi connectivity index (χ0n) is 14.4. The van der Waals surface area contributed by atoms with Crippen LogP contribution in [0.25, 0.3) is 0 Å². The summed E-state index contributed by atoms with van der Waals surface area (Å²) in [4.78, 5) is 38.6. The molecule has 1 aliphatic heterocycles. The van der Waals surface area contributed by atoms with Crippen molar-refractivity contribution in [1.82, 2.24) is 0 Å². The quantitative estimate of drug-likeness (QED) is 0.417. The van der Waals surface area contributed by atoms with Gasteiger partial charge in [0.15, 0.2) is 5.78 Å². The summed E-state index contributed by atoms with van der Waals surface area (Å²) in [6.07, 6.45) is -0.704. The van der Waals surface area contributed by atoms with Crippen molar-refractivity contribution in [3.63, 3.8) is 0 Å². The lowest BCUT2D eigenvalue weighted by Gasteiger charge is -2.44. The van der Waals surface area contributed by atoms with Crippen LogP contribution < -0.4 is 0 Å². The Bertz CT molecular complexity index is 1100. The Labute approximate surface area is 157 Å². The zero-order valence-corrected chi connectivity index (χ0v) is 14.4. The van der Waals surface area contributed by atoms with Gasteiger partial charge in [0.05, 0.1) is 5.56 Å². The molecule has 0 amide bonds. The number of ether oxygens (including phenoxy) is 1. The first-order chi connectivity index (χ1) is 13.0. The average molecular weight is 386 g/mol. The Balaban J connectivity index is 2.08. The smallest absolute Gasteiger partial charge is 0.344 e. The molecule has 1 spiro atoms. The summed E-state index contributed by atoms with van der Waals surface area (Å²) in [6, 6.07) is 3.62. The van der Waals surface area contributed by atoms with Crippen LogP contribution >= 0.6 is 0 Å². The number of hydrogen-bond acceptors (Lipinski definition) is 9. The molecule has 4 rings (SSSR count). The molecule has 144 valence electrons. The predicted octanol–water partition coefficient (Wildman–Crippen LogP) is 1.09. The number of phenolic OH excluding ortho intramolecular Hbond substituents is 4. The molecule has 9 nitrogen and oxygen atoms in total. The van der Waals surface area contributed by atoms with Crippen molar-refractivity contribution in [3.8, 4) is 23.0 Å². The molecule has 0 aromatic heterocycles. The summed E-state index contributed by atoms with van der Waals surface area (Å²) in [7, 11) is 0. The fourth-order valence-electron chi connectivity index (χ4n) is 3.92. The van der Waals surface area contributed by atoms with Crippen molar-refractivity contribution in [1.29, 1.82) is 0 Å². The minimum atomic E-state index is -2.30. The molecule has 0 saturated heterocycles. The van der Waals surface area contributed by atoms with E-state index in [0.29, 0.717) is 0 Å². The largest absolute Gasteiger partial charge is 0.508 e. The number of fused-ring (bicyclic) bond motifs is 3. The second kappa shape index (κ2) is 5.23. The summed E-state index contributed by atoms with van der Waals surface area (Å²) in [5.41, 5.74) is -6.10. The zero-order chi connectivity index (χ0) is 20.6. The van der Waals surface area contributed by atoms with Crippen LogP contribution in [0.3, 0.4) is 0 Å². The van der Waals surface area contributed by atoms with Gasteiger partial charge in [0.1, 0.15) is 34.2 Å². The third kappa shape index (κ3) is 2.13. The minimum Gasteiger partial charge on any atom is -0.508 e. The highest BCUT2D eigenvalue weighted by Gasteiger charge is 2.61. The molecule has 2 atom stereocenters. The SMILES string of the molecule is CC1(O)CC2(OC(=O)c3c(O)cc(O)cc3C2=O)c2c(O)cc(O)cc2C1=O. The molecule has 2 aliphatic rings. The lowest BCUT2D eigenvalue weighted by atomic mass is 9.66. The molecule has 5 N–H and O–H groups in total. The Kier molecular flexibility index (Phi) is 3.33. The van der Waals surface area contributed by atoms with E-state index >= 15 is 0 Å². The lowest BCUT2D eigenvalue weighted by Crippen LogP contribution is -2.56. The van der Waals surface area contributed by atoms with Gasteiger partial charge in [0.2, 0.25) is 11.4 Å². The van der Waals surface area contributed by atoms with Crippen LogP contribution in [0.2, 0.25) is 0 Å². The number of aromatic hydroxyl groups is 4. The van der Waals surface area contributed by atoms with Crippen molar-refractivity contribution >= 4 is 17.5 Å². The molecule has 1 aliphatic carbocycles. The molecular weight excluding hydrogens is 372 g/mol. The molecule has 0 bridgehead atoms. The number of ketones is 2. The maximum Gasteiger partial charge on any atom is 0.344 e. The molecule has 28 heavy (non-hydrogen) atoms. The predicted molar refractivity (Wildman–Crippen MR) is 90.5 cm³/mol. The number of carbonyl (C=O) groups excluding carboxylic acids is 3. The van der Waals surface area contributed by atoms with Crippen LogP contribution in [0.4, 0.5) is 0 Å². The number of phenols is 4. The van der Waals surface area contributed by atoms with E-state index < -0.39 is 69.3 Å². The van der Waals surface area contributed by atoms with E-state index in [1.165, 1.54) is 0 Å². The van der Waals surface area contributed by atoms with Gasteiger partial charge in [-0.3, -0.25) is 9.59 Å². The van der Waals surface area contributed by atoms with Gasteiger partial charge >= 0.3 is 5.97 Å². The fraction of sp³-hybridized carbons (Fsp3) is 0.211. The summed E-state index contributed by atoms with van der Waals surface area (Å²) < 4.78 is 5.32. The van der Waals surface area contributed by atoms with Crippen molar-refractivity contribution in [3.05, 3.63) is 46.5 Å². The van der Waals surface area contributed by atoms with E-state index in [1.807, 2.05) is 0 Å². The normalized spacial score (nSPS) is 26.0. The van der Waals surface area contributed by atoms with Gasteiger partial charge in [-0.1, -0.05) is 0 Å². The first-order valence-electron chi connectivity index (χ1n) is 8.16. The van der Waals surface area contributed by atoms with E-state index in [9.17, 15) is 39.9 Å². The molecule has 0 saturated carbocycles. The second-order valence-corrected chi connectivity index (χ2v) is 7.10. The molecule has 1 heterocycles. The fourth-order valence-corrected chi connectivity index (χ4v) is 3.92.